The molecule has 0 spiro atoms. The molecule has 2 N–H and O–H groups in total. The van der Waals surface area contributed by atoms with Crippen LogP contribution in [0.15, 0.2) is 47.4 Å². The molecule has 20 heavy (non-hydrogen) atoms. The first kappa shape index (κ1) is 14.5. The van der Waals surface area contributed by atoms with Crippen molar-refractivity contribution < 1.29 is 9.13 Å². The van der Waals surface area contributed by atoms with Crippen LogP contribution in [0, 0.1) is 10.1 Å². The fourth-order valence-corrected chi connectivity index (χ4v) is 3.09. The maximum atomic E-state index is 12.2. The molecule has 0 saturated carbocycles. The molecule has 0 aromatic heterocycles. The summed E-state index contributed by atoms with van der Waals surface area (Å²) in [5.74, 6) is 0.0530. The number of nitro benzene ring substituents is 1. The number of nitrogen functional groups attached to an aromatic ring is 1. The van der Waals surface area contributed by atoms with Gasteiger partial charge in [-0.3, -0.25) is 14.3 Å². The Kier molecular flexibility index (Phi) is 4.36. The van der Waals surface area contributed by atoms with Gasteiger partial charge in [0.1, 0.15) is 0 Å². The highest BCUT2D eigenvalue weighted by atomic mass is 35.5. The highest BCUT2D eigenvalue weighted by molar-refractivity contribution is 7.84. The van der Waals surface area contributed by atoms with Crippen LogP contribution in [-0.2, 0) is 16.6 Å². The number of halogens is 1. The Labute approximate surface area is 123 Å². The second kappa shape index (κ2) is 6.02. The van der Waals surface area contributed by atoms with E-state index in [1.165, 1.54) is 12.1 Å². The van der Waals surface area contributed by atoms with Crippen LogP contribution in [0.4, 0.5) is 11.4 Å². The van der Waals surface area contributed by atoms with E-state index in [0.717, 1.165) is 0 Å². The normalized spacial score (nSPS) is 12.1. The number of benzene rings is 2. The zero-order valence-electron chi connectivity index (χ0n) is 10.3. The number of nitrogens with zero attached hydrogens (tertiary/aromatic N) is 1. The van der Waals surface area contributed by atoms with Crippen molar-refractivity contribution in [3.05, 3.63) is 63.2 Å². The van der Waals surface area contributed by atoms with Crippen LogP contribution in [-0.4, -0.2) is 9.13 Å². The number of anilines is 1. The van der Waals surface area contributed by atoms with Crippen molar-refractivity contribution in [2.24, 2.45) is 0 Å². The molecule has 0 fully saturated rings. The van der Waals surface area contributed by atoms with Crippen LogP contribution in [0.25, 0.3) is 0 Å². The Morgan fingerprint density at radius 2 is 1.95 bits per heavy atom. The Morgan fingerprint density at radius 1 is 1.25 bits per heavy atom. The third kappa shape index (κ3) is 3.15. The average Bonchev–Trinajstić information content (AvgIpc) is 2.42. The topological polar surface area (TPSA) is 86.2 Å². The molecule has 5 nitrogen and oxygen atoms in total. The first-order chi connectivity index (χ1) is 9.49. The molecule has 0 radical (unpaired) electrons. The lowest BCUT2D eigenvalue weighted by atomic mass is 10.2. The van der Waals surface area contributed by atoms with Gasteiger partial charge in [-0.05, 0) is 18.2 Å². The fourth-order valence-electron chi connectivity index (χ4n) is 1.69. The molecule has 0 aliphatic heterocycles. The molecule has 104 valence electrons. The maximum absolute atomic E-state index is 12.2. The van der Waals surface area contributed by atoms with E-state index >= 15 is 0 Å². The Hall–Kier alpha value is -1.92. The number of nitrogens with two attached hydrogens (primary N) is 1. The van der Waals surface area contributed by atoms with Gasteiger partial charge in [-0.1, -0.05) is 29.8 Å². The van der Waals surface area contributed by atoms with Crippen molar-refractivity contribution in [3.63, 3.8) is 0 Å². The van der Waals surface area contributed by atoms with Crippen LogP contribution < -0.4 is 5.73 Å². The molecule has 0 bridgehead atoms. The van der Waals surface area contributed by atoms with E-state index in [-0.39, 0.29) is 11.4 Å². The number of hydrogen-bond donors (Lipinski definition) is 1. The Bertz CT molecular complexity index is 691. The van der Waals surface area contributed by atoms with Crippen LogP contribution in [0.3, 0.4) is 0 Å². The smallest absolute Gasteiger partial charge is 0.273 e. The second-order valence-electron chi connectivity index (χ2n) is 4.06. The third-order valence-electron chi connectivity index (χ3n) is 2.71. The largest absolute Gasteiger partial charge is 0.398 e. The van der Waals surface area contributed by atoms with E-state index in [0.29, 0.717) is 21.2 Å². The molecule has 2 aromatic rings. The SMILES string of the molecule is Nc1ccc(S(=O)Cc2ccccc2[N+](=O)[O-])cc1Cl. The van der Waals surface area contributed by atoms with Crippen LogP contribution in [0.5, 0.6) is 0 Å². The molecule has 0 amide bonds. The Morgan fingerprint density at radius 3 is 2.60 bits per heavy atom. The van der Waals surface area contributed by atoms with E-state index in [9.17, 15) is 14.3 Å². The highest BCUT2D eigenvalue weighted by Crippen LogP contribution is 2.25. The van der Waals surface area contributed by atoms with E-state index < -0.39 is 15.7 Å². The van der Waals surface area contributed by atoms with Gasteiger partial charge in [0.25, 0.3) is 5.69 Å². The lowest BCUT2D eigenvalue weighted by molar-refractivity contribution is -0.385. The molecule has 0 heterocycles. The van der Waals surface area contributed by atoms with E-state index in [4.69, 9.17) is 17.3 Å². The van der Waals surface area contributed by atoms with Gasteiger partial charge in [0, 0.05) is 16.5 Å². The van der Waals surface area contributed by atoms with Gasteiger partial charge in [0.2, 0.25) is 0 Å². The number of nitro groups is 1. The summed E-state index contributed by atoms with van der Waals surface area (Å²) >= 11 is 5.87. The summed E-state index contributed by atoms with van der Waals surface area (Å²) in [7, 11) is -1.42. The van der Waals surface area contributed by atoms with Gasteiger partial charge >= 0.3 is 0 Å². The molecule has 1 atom stereocenters. The van der Waals surface area contributed by atoms with Gasteiger partial charge in [-0.15, -0.1) is 0 Å². The number of para-hydroxylation sites is 1. The van der Waals surface area contributed by atoms with Crippen molar-refractivity contribution in [1.82, 2.24) is 0 Å². The summed E-state index contributed by atoms with van der Waals surface area (Å²) in [6.07, 6.45) is 0. The predicted molar refractivity (Wildman–Crippen MR) is 79.1 cm³/mol. The van der Waals surface area contributed by atoms with Gasteiger partial charge in [-0.25, -0.2) is 0 Å². The number of rotatable bonds is 4. The zero-order valence-corrected chi connectivity index (χ0v) is 11.9. The lowest BCUT2D eigenvalue weighted by Gasteiger charge is -2.05. The summed E-state index contributed by atoms with van der Waals surface area (Å²) in [4.78, 5) is 10.9. The molecule has 7 heteroatoms. The minimum absolute atomic E-state index is 0.0395. The zero-order chi connectivity index (χ0) is 14.7. The van der Waals surface area contributed by atoms with Crippen molar-refractivity contribution in [2.75, 3.05) is 5.73 Å². The standard InChI is InChI=1S/C13H11ClN2O3S/c14-11-7-10(5-6-12(11)15)20(19)8-9-3-1-2-4-13(9)16(17)18/h1-7H,8,15H2. The monoisotopic (exact) mass is 310 g/mol. The van der Waals surface area contributed by atoms with Crippen molar-refractivity contribution in [3.8, 4) is 0 Å². The molecule has 2 aromatic carbocycles. The van der Waals surface area contributed by atoms with Gasteiger partial charge in [-0.2, -0.15) is 0 Å². The van der Waals surface area contributed by atoms with Gasteiger partial charge in [0.15, 0.2) is 0 Å². The fraction of sp³-hybridized carbons (Fsp3) is 0.0769. The average molecular weight is 311 g/mol. The van der Waals surface area contributed by atoms with Crippen LogP contribution in [0.2, 0.25) is 5.02 Å². The minimum Gasteiger partial charge on any atom is -0.398 e. The Balaban J connectivity index is 2.28. The van der Waals surface area contributed by atoms with Crippen LogP contribution in [0.1, 0.15) is 5.56 Å². The molecule has 1 unspecified atom stereocenters. The van der Waals surface area contributed by atoms with Crippen molar-refractivity contribution >= 4 is 33.8 Å². The summed E-state index contributed by atoms with van der Waals surface area (Å²) < 4.78 is 12.2. The first-order valence-electron chi connectivity index (χ1n) is 5.64. The van der Waals surface area contributed by atoms with Crippen LogP contribution >= 0.6 is 11.6 Å². The summed E-state index contributed by atoms with van der Waals surface area (Å²) in [6, 6.07) is 10.9. The molecule has 0 aliphatic rings. The summed E-state index contributed by atoms with van der Waals surface area (Å²) in [5.41, 5.74) is 6.37. The molecular formula is C13H11ClN2O3S. The van der Waals surface area contributed by atoms with Crippen molar-refractivity contribution in [1.29, 1.82) is 0 Å². The summed E-state index contributed by atoms with van der Waals surface area (Å²) in [5, 5.41) is 11.2. The van der Waals surface area contributed by atoms with Gasteiger partial charge < -0.3 is 5.73 Å². The van der Waals surface area contributed by atoms with Gasteiger partial charge in [0.05, 0.1) is 32.2 Å². The summed E-state index contributed by atoms with van der Waals surface area (Å²) in [6.45, 7) is 0. The van der Waals surface area contributed by atoms with Crippen molar-refractivity contribution in [2.45, 2.75) is 10.6 Å². The first-order valence-corrected chi connectivity index (χ1v) is 7.34. The second-order valence-corrected chi connectivity index (χ2v) is 5.92. The van der Waals surface area contributed by atoms with E-state index in [1.807, 2.05) is 0 Å². The molecule has 0 saturated heterocycles. The highest BCUT2D eigenvalue weighted by Gasteiger charge is 2.16. The third-order valence-corrected chi connectivity index (χ3v) is 4.39. The minimum atomic E-state index is -1.42. The molecule has 0 aliphatic carbocycles. The quantitative estimate of drug-likeness (QED) is 0.534. The predicted octanol–water partition coefficient (Wildman–Crippen LogP) is 3.14. The molecular weight excluding hydrogens is 300 g/mol. The molecule has 2 rings (SSSR count). The number of hydrogen-bond acceptors (Lipinski definition) is 4. The maximum Gasteiger partial charge on any atom is 0.273 e. The lowest BCUT2D eigenvalue weighted by Crippen LogP contribution is -2.01. The van der Waals surface area contributed by atoms with E-state index in [1.54, 1.807) is 30.3 Å². The van der Waals surface area contributed by atoms with E-state index in [2.05, 4.69) is 0 Å².